The summed E-state index contributed by atoms with van der Waals surface area (Å²) in [6.07, 6.45) is 0. The maximum absolute atomic E-state index is 11.8. The molecule has 3 nitrogen and oxygen atoms in total. The van der Waals surface area contributed by atoms with Gasteiger partial charge in [-0.2, -0.15) is 0 Å². The smallest absolute Gasteiger partial charge is 0.230 e. The number of carbonyl (C=O) groups excluding carboxylic acids is 1. The number of thioether (sulfide) groups is 1. The number of rotatable bonds is 7. The third-order valence-corrected chi connectivity index (χ3v) is 4.39. The Morgan fingerprint density at radius 1 is 1.23 bits per heavy atom. The Labute approximate surface area is 143 Å². The van der Waals surface area contributed by atoms with Crippen LogP contribution >= 0.6 is 27.7 Å². The van der Waals surface area contributed by atoms with E-state index in [1.54, 1.807) is 0 Å². The average Bonchev–Trinajstić information content (AvgIpc) is 2.51. The molecule has 0 saturated heterocycles. The van der Waals surface area contributed by atoms with Gasteiger partial charge >= 0.3 is 0 Å². The van der Waals surface area contributed by atoms with Crippen LogP contribution in [0.4, 0.5) is 0 Å². The molecule has 2 rings (SSSR count). The molecule has 0 aliphatic heterocycles. The quantitative estimate of drug-likeness (QED) is 0.582. The fraction of sp³-hybridized carbons (Fsp3) is 0.235. The molecule has 0 bridgehead atoms. The third kappa shape index (κ3) is 6.12. The maximum Gasteiger partial charge on any atom is 0.230 e. The van der Waals surface area contributed by atoms with E-state index in [0.717, 1.165) is 15.1 Å². The molecule has 1 amide bonds. The molecule has 0 heterocycles. The van der Waals surface area contributed by atoms with Crippen molar-refractivity contribution in [2.75, 3.05) is 18.9 Å². The second kappa shape index (κ2) is 8.86. The van der Waals surface area contributed by atoms with Crippen molar-refractivity contribution in [2.45, 2.75) is 11.8 Å². The van der Waals surface area contributed by atoms with Crippen molar-refractivity contribution in [1.29, 1.82) is 0 Å². The fourth-order valence-corrected chi connectivity index (χ4v) is 2.86. The molecule has 0 aliphatic rings. The van der Waals surface area contributed by atoms with E-state index < -0.39 is 0 Å². The molecule has 22 heavy (non-hydrogen) atoms. The van der Waals surface area contributed by atoms with Crippen molar-refractivity contribution in [2.24, 2.45) is 0 Å². The summed E-state index contributed by atoms with van der Waals surface area (Å²) in [4.78, 5) is 12.9. The largest absolute Gasteiger partial charge is 0.492 e. The Kier molecular flexibility index (Phi) is 6.80. The van der Waals surface area contributed by atoms with E-state index in [4.69, 9.17) is 4.74 Å². The van der Waals surface area contributed by atoms with Crippen molar-refractivity contribution in [3.05, 3.63) is 58.6 Å². The Morgan fingerprint density at radius 3 is 2.73 bits per heavy atom. The van der Waals surface area contributed by atoms with E-state index in [9.17, 15) is 4.79 Å². The molecule has 0 aromatic heterocycles. The van der Waals surface area contributed by atoms with Gasteiger partial charge in [0.2, 0.25) is 5.91 Å². The van der Waals surface area contributed by atoms with Crippen molar-refractivity contribution in [3.63, 3.8) is 0 Å². The first-order valence-corrected chi connectivity index (χ1v) is 8.76. The SMILES string of the molecule is Cc1ccc(SCC(=O)NCCOc2cccc(Br)c2)cc1. The molecule has 116 valence electrons. The van der Waals surface area contributed by atoms with E-state index in [0.29, 0.717) is 18.9 Å². The predicted octanol–water partition coefficient (Wildman–Crippen LogP) is 4.04. The first-order chi connectivity index (χ1) is 10.6. The Balaban J connectivity index is 1.62. The van der Waals surface area contributed by atoms with E-state index in [1.165, 1.54) is 17.3 Å². The van der Waals surface area contributed by atoms with Crippen LogP contribution in [0.5, 0.6) is 5.75 Å². The van der Waals surface area contributed by atoms with Crippen LogP contribution in [-0.4, -0.2) is 24.8 Å². The van der Waals surface area contributed by atoms with Crippen LogP contribution in [0.25, 0.3) is 0 Å². The minimum absolute atomic E-state index is 0.0171. The number of carbonyl (C=O) groups is 1. The number of ether oxygens (including phenoxy) is 1. The number of hydrogen-bond acceptors (Lipinski definition) is 3. The molecule has 2 aromatic carbocycles. The highest BCUT2D eigenvalue weighted by Gasteiger charge is 2.02. The summed E-state index contributed by atoms with van der Waals surface area (Å²) in [5.74, 6) is 1.22. The molecule has 0 spiro atoms. The lowest BCUT2D eigenvalue weighted by Gasteiger charge is -2.08. The van der Waals surface area contributed by atoms with Gasteiger partial charge in [-0.25, -0.2) is 0 Å². The standard InChI is InChI=1S/C17H18BrNO2S/c1-13-5-7-16(8-6-13)22-12-17(20)19-9-10-21-15-4-2-3-14(18)11-15/h2-8,11H,9-10,12H2,1H3,(H,19,20). The van der Waals surface area contributed by atoms with Gasteiger partial charge in [0.05, 0.1) is 12.3 Å². The van der Waals surface area contributed by atoms with Crippen LogP contribution in [0.2, 0.25) is 0 Å². The van der Waals surface area contributed by atoms with Gasteiger partial charge in [0.1, 0.15) is 12.4 Å². The van der Waals surface area contributed by atoms with Crippen LogP contribution in [0.3, 0.4) is 0 Å². The molecule has 0 aliphatic carbocycles. The molecule has 0 unspecified atom stereocenters. The normalized spacial score (nSPS) is 10.3. The number of benzene rings is 2. The highest BCUT2D eigenvalue weighted by atomic mass is 79.9. The minimum atomic E-state index is 0.0171. The van der Waals surface area contributed by atoms with Gasteiger partial charge in [-0.05, 0) is 37.3 Å². The van der Waals surface area contributed by atoms with E-state index in [-0.39, 0.29) is 5.91 Å². The van der Waals surface area contributed by atoms with Crippen molar-refractivity contribution in [3.8, 4) is 5.75 Å². The van der Waals surface area contributed by atoms with Crippen LogP contribution in [0, 0.1) is 6.92 Å². The van der Waals surface area contributed by atoms with Gasteiger partial charge < -0.3 is 10.1 Å². The molecule has 5 heteroatoms. The van der Waals surface area contributed by atoms with Gasteiger partial charge in [0.25, 0.3) is 0 Å². The van der Waals surface area contributed by atoms with Crippen molar-refractivity contribution in [1.82, 2.24) is 5.32 Å². The summed E-state index contributed by atoms with van der Waals surface area (Å²) in [7, 11) is 0. The van der Waals surface area contributed by atoms with Crippen LogP contribution in [0.1, 0.15) is 5.56 Å². The summed E-state index contributed by atoms with van der Waals surface area (Å²) in [5.41, 5.74) is 1.22. The zero-order valence-corrected chi connectivity index (χ0v) is 14.7. The number of halogens is 1. The zero-order valence-electron chi connectivity index (χ0n) is 12.3. The average molecular weight is 380 g/mol. The number of amides is 1. The van der Waals surface area contributed by atoms with Crippen molar-refractivity contribution < 1.29 is 9.53 Å². The third-order valence-electron chi connectivity index (χ3n) is 2.88. The Bertz CT molecular complexity index is 616. The number of aryl methyl sites for hydroxylation is 1. The van der Waals surface area contributed by atoms with E-state index in [2.05, 4.69) is 21.2 Å². The summed E-state index contributed by atoms with van der Waals surface area (Å²) in [6, 6.07) is 15.8. The Hall–Kier alpha value is -1.46. The highest BCUT2D eigenvalue weighted by molar-refractivity contribution is 9.10. The number of hydrogen-bond donors (Lipinski definition) is 1. The first kappa shape index (κ1) is 16.9. The lowest BCUT2D eigenvalue weighted by atomic mass is 10.2. The van der Waals surface area contributed by atoms with E-state index >= 15 is 0 Å². The van der Waals surface area contributed by atoms with Gasteiger partial charge in [0.15, 0.2) is 0 Å². The summed E-state index contributed by atoms with van der Waals surface area (Å²) >= 11 is 4.92. The number of nitrogens with one attached hydrogen (secondary N) is 1. The van der Waals surface area contributed by atoms with Crippen LogP contribution in [0.15, 0.2) is 57.9 Å². The fourth-order valence-electron chi connectivity index (χ4n) is 1.75. The maximum atomic E-state index is 11.8. The van der Waals surface area contributed by atoms with Crippen LogP contribution in [-0.2, 0) is 4.79 Å². The van der Waals surface area contributed by atoms with Gasteiger partial charge in [-0.3, -0.25) is 4.79 Å². The van der Waals surface area contributed by atoms with E-state index in [1.807, 2.05) is 55.5 Å². The summed E-state index contributed by atoms with van der Waals surface area (Å²) in [6.45, 7) is 3.00. The molecule has 1 N–H and O–H groups in total. The molecular weight excluding hydrogens is 362 g/mol. The topological polar surface area (TPSA) is 38.3 Å². The second-order valence-electron chi connectivity index (χ2n) is 4.76. The summed E-state index contributed by atoms with van der Waals surface area (Å²) in [5, 5.41) is 2.85. The molecule has 0 radical (unpaired) electrons. The molecule has 0 fully saturated rings. The first-order valence-electron chi connectivity index (χ1n) is 6.98. The Morgan fingerprint density at radius 2 is 2.00 bits per heavy atom. The molecule has 0 saturated carbocycles. The molecule has 2 aromatic rings. The van der Waals surface area contributed by atoms with Gasteiger partial charge in [-0.15, -0.1) is 11.8 Å². The lowest BCUT2D eigenvalue weighted by Crippen LogP contribution is -2.29. The van der Waals surface area contributed by atoms with Gasteiger partial charge in [-0.1, -0.05) is 39.7 Å². The van der Waals surface area contributed by atoms with Gasteiger partial charge in [0, 0.05) is 9.37 Å². The predicted molar refractivity (Wildman–Crippen MR) is 94.5 cm³/mol. The van der Waals surface area contributed by atoms with Crippen LogP contribution < -0.4 is 10.1 Å². The highest BCUT2D eigenvalue weighted by Crippen LogP contribution is 2.18. The zero-order chi connectivity index (χ0) is 15.8. The minimum Gasteiger partial charge on any atom is -0.492 e. The summed E-state index contributed by atoms with van der Waals surface area (Å²) < 4.78 is 6.54. The molecular formula is C17H18BrNO2S. The molecule has 0 atom stereocenters. The second-order valence-corrected chi connectivity index (χ2v) is 6.72. The monoisotopic (exact) mass is 379 g/mol. The van der Waals surface area contributed by atoms with Crippen molar-refractivity contribution >= 4 is 33.6 Å². The lowest BCUT2D eigenvalue weighted by molar-refractivity contribution is -0.118.